The molecule has 0 aliphatic carbocycles. The number of aromatic nitrogens is 1. The molecule has 0 fully saturated rings. The standard InChI is InChI=1S/C23H26N2O2/c1-2-3-14-27-15-8-13-25-22(18-10-4-5-11-19(18)23(25)26)20-16-24-21-12-7-6-9-17(20)21/h4-7,9-12,16,22,24H,2-3,8,13-15H2,1H3/t22-/m1/s1. The van der Waals surface area contributed by atoms with Gasteiger partial charge in [-0.15, -0.1) is 0 Å². The first-order valence-electron chi connectivity index (χ1n) is 9.85. The Hall–Kier alpha value is -2.59. The molecule has 1 aliphatic rings. The summed E-state index contributed by atoms with van der Waals surface area (Å²) in [5.74, 6) is 0.120. The Morgan fingerprint density at radius 1 is 1.00 bits per heavy atom. The van der Waals surface area contributed by atoms with Crippen LogP contribution in [0.5, 0.6) is 0 Å². The molecule has 4 rings (SSSR count). The smallest absolute Gasteiger partial charge is 0.255 e. The number of hydrogen-bond donors (Lipinski definition) is 1. The third-order valence-corrected chi connectivity index (χ3v) is 5.30. The van der Waals surface area contributed by atoms with Gasteiger partial charge >= 0.3 is 0 Å². The molecule has 4 heteroatoms. The van der Waals surface area contributed by atoms with Gasteiger partial charge in [-0.3, -0.25) is 4.79 Å². The Bertz CT molecular complexity index is 931. The molecule has 1 aromatic heterocycles. The highest BCUT2D eigenvalue weighted by Gasteiger charge is 2.38. The maximum Gasteiger partial charge on any atom is 0.255 e. The minimum Gasteiger partial charge on any atom is -0.381 e. The van der Waals surface area contributed by atoms with Gasteiger partial charge in [0.2, 0.25) is 0 Å². The molecule has 27 heavy (non-hydrogen) atoms. The highest BCUT2D eigenvalue weighted by Crippen LogP contribution is 2.40. The Labute approximate surface area is 160 Å². The van der Waals surface area contributed by atoms with Crippen LogP contribution in [0, 0.1) is 0 Å². The normalized spacial score (nSPS) is 16.3. The Balaban J connectivity index is 1.60. The molecule has 3 aromatic rings. The van der Waals surface area contributed by atoms with Crippen LogP contribution in [-0.2, 0) is 4.74 Å². The largest absolute Gasteiger partial charge is 0.381 e. The van der Waals surface area contributed by atoms with Crippen molar-refractivity contribution in [3.63, 3.8) is 0 Å². The van der Waals surface area contributed by atoms with E-state index >= 15 is 0 Å². The second-order valence-corrected chi connectivity index (χ2v) is 7.10. The van der Waals surface area contributed by atoms with Crippen molar-refractivity contribution in [3.8, 4) is 0 Å². The number of para-hydroxylation sites is 1. The average Bonchev–Trinajstić information content (AvgIpc) is 3.24. The van der Waals surface area contributed by atoms with Gasteiger partial charge in [-0.25, -0.2) is 0 Å². The van der Waals surface area contributed by atoms with Crippen LogP contribution >= 0.6 is 0 Å². The molecule has 0 radical (unpaired) electrons. The number of H-pyrrole nitrogens is 1. The van der Waals surface area contributed by atoms with Crippen LogP contribution in [0.3, 0.4) is 0 Å². The first-order chi connectivity index (χ1) is 13.3. The van der Waals surface area contributed by atoms with Crippen LogP contribution in [0.4, 0.5) is 0 Å². The Kier molecular flexibility index (Phi) is 5.26. The number of benzene rings is 2. The monoisotopic (exact) mass is 362 g/mol. The molecular formula is C23H26N2O2. The molecular weight excluding hydrogens is 336 g/mol. The maximum absolute atomic E-state index is 13.1. The lowest BCUT2D eigenvalue weighted by atomic mass is 9.97. The second-order valence-electron chi connectivity index (χ2n) is 7.10. The number of rotatable bonds is 8. The molecule has 0 bridgehead atoms. The first kappa shape index (κ1) is 17.8. The van der Waals surface area contributed by atoms with Gasteiger partial charge in [0.1, 0.15) is 0 Å². The van der Waals surface area contributed by atoms with E-state index < -0.39 is 0 Å². The van der Waals surface area contributed by atoms with Crippen LogP contribution in [0.2, 0.25) is 0 Å². The van der Waals surface area contributed by atoms with Crippen LogP contribution in [0.25, 0.3) is 10.9 Å². The molecule has 1 amide bonds. The summed E-state index contributed by atoms with van der Waals surface area (Å²) in [6.07, 6.45) is 5.13. The van der Waals surface area contributed by atoms with Gasteiger partial charge in [-0.2, -0.15) is 0 Å². The molecule has 1 aliphatic heterocycles. The van der Waals surface area contributed by atoms with Crippen molar-refractivity contribution in [2.75, 3.05) is 19.8 Å². The minimum atomic E-state index is -0.0412. The first-order valence-corrected chi connectivity index (χ1v) is 9.85. The topological polar surface area (TPSA) is 45.3 Å². The number of unbranched alkanes of at least 4 members (excludes halogenated alkanes) is 1. The number of nitrogens with zero attached hydrogens (tertiary/aromatic N) is 1. The van der Waals surface area contributed by atoms with Gasteiger partial charge in [0.15, 0.2) is 0 Å². The third kappa shape index (κ3) is 3.37. The van der Waals surface area contributed by atoms with E-state index in [1.165, 1.54) is 5.39 Å². The van der Waals surface area contributed by atoms with Crippen LogP contribution in [-0.4, -0.2) is 35.5 Å². The molecule has 140 valence electrons. The molecule has 1 atom stereocenters. The summed E-state index contributed by atoms with van der Waals surface area (Å²) in [5, 5.41) is 1.18. The van der Waals surface area contributed by atoms with Crippen molar-refractivity contribution in [2.45, 2.75) is 32.2 Å². The molecule has 0 saturated heterocycles. The number of aromatic amines is 1. The number of carbonyl (C=O) groups is 1. The molecule has 1 N–H and O–H groups in total. The number of carbonyl (C=O) groups excluding carboxylic acids is 1. The number of nitrogens with one attached hydrogen (secondary N) is 1. The predicted molar refractivity (Wildman–Crippen MR) is 108 cm³/mol. The lowest BCUT2D eigenvalue weighted by molar-refractivity contribution is 0.0709. The van der Waals surface area contributed by atoms with Crippen molar-refractivity contribution in [1.29, 1.82) is 0 Å². The van der Waals surface area contributed by atoms with Crippen molar-refractivity contribution < 1.29 is 9.53 Å². The summed E-state index contributed by atoms with van der Waals surface area (Å²) in [7, 11) is 0. The highest BCUT2D eigenvalue weighted by atomic mass is 16.5. The zero-order chi connectivity index (χ0) is 18.6. The lowest BCUT2D eigenvalue weighted by Gasteiger charge is -2.25. The zero-order valence-electron chi connectivity index (χ0n) is 15.8. The van der Waals surface area contributed by atoms with Crippen molar-refractivity contribution >= 4 is 16.8 Å². The molecule has 4 nitrogen and oxygen atoms in total. The zero-order valence-corrected chi connectivity index (χ0v) is 15.8. The Morgan fingerprint density at radius 3 is 2.67 bits per heavy atom. The minimum absolute atomic E-state index is 0.0412. The predicted octanol–water partition coefficient (Wildman–Crippen LogP) is 4.92. The van der Waals surface area contributed by atoms with Crippen molar-refractivity contribution in [2.24, 2.45) is 0 Å². The quantitative estimate of drug-likeness (QED) is 0.578. The third-order valence-electron chi connectivity index (χ3n) is 5.30. The number of amides is 1. The molecule has 0 unspecified atom stereocenters. The van der Waals surface area contributed by atoms with E-state index in [4.69, 9.17) is 4.74 Å². The maximum atomic E-state index is 13.1. The fourth-order valence-corrected chi connectivity index (χ4v) is 3.94. The second kappa shape index (κ2) is 7.97. The molecule has 0 saturated carbocycles. The SMILES string of the molecule is CCCCOCCCN1C(=O)c2ccccc2[C@@H]1c1c[nH]c2ccccc12. The van der Waals surface area contributed by atoms with Gasteiger partial charge in [0, 0.05) is 48.0 Å². The summed E-state index contributed by atoms with van der Waals surface area (Å²) < 4.78 is 5.70. The molecule has 0 spiro atoms. The van der Waals surface area contributed by atoms with Crippen molar-refractivity contribution in [1.82, 2.24) is 9.88 Å². The fourth-order valence-electron chi connectivity index (χ4n) is 3.94. The highest BCUT2D eigenvalue weighted by molar-refractivity contribution is 6.00. The van der Waals surface area contributed by atoms with E-state index in [-0.39, 0.29) is 11.9 Å². The van der Waals surface area contributed by atoms with Gasteiger partial charge in [0.05, 0.1) is 6.04 Å². The van der Waals surface area contributed by atoms with E-state index in [1.807, 2.05) is 35.2 Å². The van der Waals surface area contributed by atoms with Crippen LogP contribution in [0.15, 0.2) is 54.7 Å². The van der Waals surface area contributed by atoms with Crippen LogP contribution < -0.4 is 0 Å². The average molecular weight is 362 g/mol. The van der Waals surface area contributed by atoms with Gasteiger partial charge in [0.25, 0.3) is 5.91 Å². The summed E-state index contributed by atoms with van der Waals surface area (Å²) in [4.78, 5) is 18.4. The van der Waals surface area contributed by atoms with E-state index in [0.29, 0.717) is 13.2 Å². The van der Waals surface area contributed by atoms with E-state index in [1.54, 1.807) is 0 Å². The summed E-state index contributed by atoms with van der Waals surface area (Å²) >= 11 is 0. The van der Waals surface area contributed by atoms with Gasteiger partial charge in [-0.05, 0) is 30.5 Å². The molecule has 2 aromatic carbocycles. The molecule has 2 heterocycles. The van der Waals surface area contributed by atoms with Crippen LogP contribution in [0.1, 0.15) is 53.7 Å². The van der Waals surface area contributed by atoms with E-state index in [9.17, 15) is 4.79 Å². The van der Waals surface area contributed by atoms with Gasteiger partial charge < -0.3 is 14.6 Å². The van der Waals surface area contributed by atoms with E-state index in [0.717, 1.165) is 48.1 Å². The summed E-state index contributed by atoms with van der Waals surface area (Å²) in [5.41, 5.74) is 4.18. The summed E-state index contributed by atoms with van der Waals surface area (Å²) in [6.45, 7) is 4.36. The fraction of sp³-hybridized carbons (Fsp3) is 0.348. The lowest BCUT2D eigenvalue weighted by Crippen LogP contribution is -2.30. The summed E-state index contributed by atoms with van der Waals surface area (Å²) in [6, 6.07) is 16.2. The number of ether oxygens (including phenoxy) is 1. The van der Waals surface area contributed by atoms with Gasteiger partial charge in [-0.1, -0.05) is 49.7 Å². The Morgan fingerprint density at radius 2 is 1.78 bits per heavy atom. The number of fused-ring (bicyclic) bond motifs is 2. The number of hydrogen-bond acceptors (Lipinski definition) is 2. The van der Waals surface area contributed by atoms with E-state index in [2.05, 4.69) is 36.3 Å². The van der Waals surface area contributed by atoms with Crippen molar-refractivity contribution in [3.05, 3.63) is 71.4 Å².